The third-order valence-corrected chi connectivity index (χ3v) is 1.89. The van der Waals surface area contributed by atoms with Gasteiger partial charge in [-0.2, -0.15) is 13.1 Å². The van der Waals surface area contributed by atoms with Gasteiger partial charge in [-0.25, -0.2) is 4.72 Å². The summed E-state index contributed by atoms with van der Waals surface area (Å²) in [7, 11) is -3.34. The molecule has 5 heteroatoms. The third-order valence-electron chi connectivity index (χ3n) is 0.699. The van der Waals surface area contributed by atoms with Gasteiger partial charge in [0.15, 0.2) is 0 Å². The Labute approximate surface area is 61.2 Å². The van der Waals surface area contributed by atoms with Crippen molar-refractivity contribution in [1.82, 2.24) is 9.44 Å². The summed E-state index contributed by atoms with van der Waals surface area (Å²) in [6.07, 6.45) is 4.83. The van der Waals surface area contributed by atoms with Crippen LogP contribution in [0, 0.1) is 12.3 Å². The third kappa shape index (κ3) is 4.32. The first kappa shape index (κ1) is 9.43. The molecule has 0 radical (unpaired) electrons. The topological polar surface area (TPSA) is 58.2 Å². The fraction of sp³-hybridized carbons (Fsp3) is 0.600. The van der Waals surface area contributed by atoms with Crippen LogP contribution in [0.5, 0.6) is 0 Å². The van der Waals surface area contributed by atoms with Crippen LogP contribution in [0.3, 0.4) is 0 Å². The molecule has 0 aliphatic heterocycles. The molecule has 0 aromatic carbocycles. The van der Waals surface area contributed by atoms with Crippen molar-refractivity contribution in [1.29, 1.82) is 0 Å². The predicted octanol–water partition coefficient (Wildman–Crippen LogP) is -0.937. The minimum Gasteiger partial charge on any atom is -0.203 e. The molecule has 4 nitrogen and oxygen atoms in total. The molecule has 0 bridgehead atoms. The summed E-state index contributed by atoms with van der Waals surface area (Å²) in [5.41, 5.74) is 0. The molecule has 0 fully saturated rings. The maximum absolute atomic E-state index is 10.7. The van der Waals surface area contributed by atoms with Gasteiger partial charge >= 0.3 is 0 Å². The van der Waals surface area contributed by atoms with Crippen molar-refractivity contribution in [2.75, 3.05) is 13.1 Å². The van der Waals surface area contributed by atoms with Gasteiger partial charge in [0.25, 0.3) is 10.2 Å². The van der Waals surface area contributed by atoms with Gasteiger partial charge in [0.1, 0.15) is 0 Å². The summed E-state index contributed by atoms with van der Waals surface area (Å²) in [6.45, 7) is 2.07. The monoisotopic (exact) mass is 162 g/mol. The largest absolute Gasteiger partial charge is 0.277 e. The number of terminal acetylenes is 1. The Morgan fingerprint density at radius 1 is 1.50 bits per heavy atom. The van der Waals surface area contributed by atoms with Crippen LogP contribution < -0.4 is 9.44 Å². The van der Waals surface area contributed by atoms with Crippen LogP contribution in [0.2, 0.25) is 0 Å². The Balaban J connectivity index is 3.80. The Bertz CT molecular complexity index is 214. The maximum Gasteiger partial charge on any atom is 0.277 e. The molecule has 0 saturated carbocycles. The van der Waals surface area contributed by atoms with E-state index in [9.17, 15) is 8.42 Å². The van der Waals surface area contributed by atoms with Gasteiger partial charge < -0.3 is 0 Å². The molecular formula is C5H10N2O2S. The lowest BCUT2D eigenvalue weighted by atomic mass is 10.7. The van der Waals surface area contributed by atoms with E-state index in [1.54, 1.807) is 6.92 Å². The van der Waals surface area contributed by atoms with Crippen LogP contribution in [0.25, 0.3) is 0 Å². The van der Waals surface area contributed by atoms with Crippen LogP contribution in [0.1, 0.15) is 6.92 Å². The Morgan fingerprint density at radius 2 is 2.10 bits per heavy atom. The summed E-state index contributed by atoms with van der Waals surface area (Å²) in [5, 5.41) is 0. The second-order valence-corrected chi connectivity index (χ2v) is 3.11. The first-order chi connectivity index (χ1) is 4.62. The van der Waals surface area contributed by atoms with Gasteiger partial charge in [-0.1, -0.05) is 12.8 Å². The molecule has 0 unspecified atom stereocenters. The lowest BCUT2D eigenvalue weighted by molar-refractivity contribution is 0.573. The van der Waals surface area contributed by atoms with Gasteiger partial charge in [0, 0.05) is 6.54 Å². The van der Waals surface area contributed by atoms with Gasteiger partial charge in [-0.3, -0.25) is 0 Å². The summed E-state index contributed by atoms with van der Waals surface area (Å²) >= 11 is 0. The average molecular weight is 162 g/mol. The quantitative estimate of drug-likeness (QED) is 0.524. The zero-order valence-electron chi connectivity index (χ0n) is 5.72. The van der Waals surface area contributed by atoms with Gasteiger partial charge in [-0.05, 0) is 0 Å². The van der Waals surface area contributed by atoms with E-state index >= 15 is 0 Å². The Morgan fingerprint density at radius 3 is 2.50 bits per heavy atom. The second-order valence-electron chi connectivity index (χ2n) is 1.53. The van der Waals surface area contributed by atoms with E-state index in [1.165, 1.54) is 0 Å². The summed E-state index contributed by atoms with van der Waals surface area (Å²) in [4.78, 5) is 0. The van der Waals surface area contributed by atoms with Crippen LogP contribution in [-0.4, -0.2) is 21.5 Å². The second kappa shape index (κ2) is 4.28. The molecule has 0 aliphatic carbocycles. The van der Waals surface area contributed by atoms with Crippen molar-refractivity contribution in [2.45, 2.75) is 6.92 Å². The SMILES string of the molecule is C#CCNS(=O)(=O)NCC. The highest BCUT2D eigenvalue weighted by Gasteiger charge is 2.03. The smallest absolute Gasteiger partial charge is 0.203 e. The number of nitrogens with one attached hydrogen (secondary N) is 2. The van der Waals surface area contributed by atoms with Crippen LogP contribution >= 0.6 is 0 Å². The number of rotatable bonds is 4. The zero-order chi connectivity index (χ0) is 8.04. The molecule has 0 amide bonds. The highest BCUT2D eigenvalue weighted by atomic mass is 32.2. The Hall–Kier alpha value is -0.570. The molecule has 0 rings (SSSR count). The van der Waals surface area contributed by atoms with Crippen molar-refractivity contribution in [3.63, 3.8) is 0 Å². The first-order valence-electron chi connectivity index (χ1n) is 2.80. The van der Waals surface area contributed by atoms with Crippen molar-refractivity contribution in [2.24, 2.45) is 0 Å². The molecular weight excluding hydrogens is 152 g/mol. The minimum absolute atomic E-state index is 0.0231. The molecule has 58 valence electrons. The van der Waals surface area contributed by atoms with Crippen molar-refractivity contribution >= 4 is 10.2 Å². The molecule has 0 aromatic heterocycles. The van der Waals surface area contributed by atoms with E-state index in [1.807, 2.05) is 0 Å². The molecule has 0 atom stereocenters. The van der Waals surface area contributed by atoms with Gasteiger partial charge in [0.2, 0.25) is 0 Å². The summed E-state index contributed by atoms with van der Waals surface area (Å²) in [6, 6.07) is 0. The van der Waals surface area contributed by atoms with Crippen LogP contribution in [0.15, 0.2) is 0 Å². The van der Waals surface area contributed by atoms with E-state index in [0.29, 0.717) is 6.54 Å². The number of hydrogen-bond acceptors (Lipinski definition) is 2. The Kier molecular flexibility index (Phi) is 4.03. The lowest BCUT2D eigenvalue weighted by Gasteiger charge is -2.01. The lowest BCUT2D eigenvalue weighted by Crippen LogP contribution is -2.36. The van der Waals surface area contributed by atoms with Gasteiger partial charge in [0.05, 0.1) is 6.54 Å². The fourth-order valence-electron chi connectivity index (χ4n) is 0.378. The standard InChI is InChI=1S/C5H10N2O2S/c1-3-5-7-10(8,9)6-4-2/h1,6-7H,4-5H2,2H3. The fourth-order valence-corrected chi connectivity index (χ4v) is 1.13. The number of hydrogen-bond donors (Lipinski definition) is 2. The van der Waals surface area contributed by atoms with Crippen LogP contribution in [-0.2, 0) is 10.2 Å². The zero-order valence-corrected chi connectivity index (χ0v) is 6.53. The van der Waals surface area contributed by atoms with E-state index < -0.39 is 10.2 Å². The highest BCUT2D eigenvalue weighted by Crippen LogP contribution is 1.72. The van der Waals surface area contributed by atoms with Crippen LogP contribution in [0.4, 0.5) is 0 Å². The van der Waals surface area contributed by atoms with E-state index in [-0.39, 0.29) is 6.54 Å². The molecule has 2 N–H and O–H groups in total. The van der Waals surface area contributed by atoms with E-state index in [2.05, 4.69) is 15.4 Å². The van der Waals surface area contributed by atoms with Crippen molar-refractivity contribution < 1.29 is 8.42 Å². The predicted molar refractivity (Wildman–Crippen MR) is 39.4 cm³/mol. The van der Waals surface area contributed by atoms with Gasteiger partial charge in [-0.15, -0.1) is 6.42 Å². The normalized spacial score (nSPS) is 10.8. The first-order valence-corrected chi connectivity index (χ1v) is 4.28. The van der Waals surface area contributed by atoms with Crippen molar-refractivity contribution in [3.8, 4) is 12.3 Å². The van der Waals surface area contributed by atoms with Crippen molar-refractivity contribution in [3.05, 3.63) is 0 Å². The molecule has 0 saturated heterocycles. The van der Waals surface area contributed by atoms with E-state index in [0.717, 1.165) is 0 Å². The summed E-state index contributed by atoms with van der Waals surface area (Å²) < 4.78 is 25.7. The molecule has 0 aromatic rings. The highest BCUT2D eigenvalue weighted by molar-refractivity contribution is 7.87. The minimum atomic E-state index is -3.34. The van der Waals surface area contributed by atoms with E-state index in [4.69, 9.17) is 6.42 Å². The average Bonchev–Trinajstić information content (AvgIpc) is 1.84. The maximum atomic E-state index is 10.7. The molecule has 0 heterocycles. The summed E-state index contributed by atoms with van der Waals surface area (Å²) in [5.74, 6) is 2.15. The molecule has 10 heavy (non-hydrogen) atoms. The molecule has 0 spiro atoms. The molecule has 0 aliphatic rings.